The van der Waals surface area contributed by atoms with Gasteiger partial charge in [0, 0.05) is 25.4 Å². The standard InChI is InChI=1S/C12H17ClN2O4S2/c1-20(16,17)10-4-5-11(13)12(7-10)21(18,19)15-6-2-3-9(14)8-15/h4-5,7,9H,2-3,6,8,14H2,1H3/t9-/m1/s1. The zero-order valence-corrected chi connectivity index (χ0v) is 13.9. The van der Waals surface area contributed by atoms with Gasteiger partial charge in [-0.2, -0.15) is 4.31 Å². The Morgan fingerprint density at radius 3 is 2.52 bits per heavy atom. The average molecular weight is 353 g/mol. The third-order valence-corrected chi connectivity index (χ3v) is 6.83. The molecule has 1 saturated heterocycles. The summed E-state index contributed by atoms with van der Waals surface area (Å²) < 4.78 is 49.7. The Labute approximate surface area is 129 Å². The normalized spacial score (nSPS) is 21.4. The number of piperidine rings is 1. The number of rotatable bonds is 3. The van der Waals surface area contributed by atoms with Crippen molar-refractivity contribution in [3.05, 3.63) is 23.2 Å². The average Bonchev–Trinajstić information content (AvgIpc) is 2.37. The van der Waals surface area contributed by atoms with Crippen LogP contribution in [0.3, 0.4) is 0 Å². The number of benzene rings is 1. The fourth-order valence-electron chi connectivity index (χ4n) is 2.24. The van der Waals surface area contributed by atoms with Crippen molar-refractivity contribution in [3.8, 4) is 0 Å². The molecule has 1 heterocycles. The number of halogens is 1. The summed E-state index contributed by atoms with van der Waals surface area (Å²) in [4.78, 5) is -0.270. The lowest BCUT2D eigenvalue weighted by Crippen LogP contribution is -2.45. The molecule has 0 spiro atoms. The minimum atomic E-state index is -3.85. The zero-order chi connectivity index (χ0) is 15.8. The summed E-state index contributed by atoms with van der Waals surface area (Å²) in [5.74, 6) is 0. The van der Waals surface area contributed by atoms with Crippen LogP contribution in [0.5, 0.6) is 0 Å². The van der Waals surface area contributed by atoms with Gasteiger partial charge in [0.25, 0.3) is 0 Å². The van der Waals surface area contributed by atoms with Crippen molar-refractivity contribution >= 4 is 31.5 Å². The zero-order valence-electron chi connectivity index (χ0n) is 11.5. The van der Waals surface area contributed by atoms with E-state index >= 15 is 0 Å². The Hall–Kier alpha value is -0.670. The molecule has 1 atom stereocenters. The van der Waals surface area contributed by atoms with Crippen LogP contribution in [0.2, 0.25) is 5.02 Å². The third kappa shape index (κ3) is 3.57. The molecule has 118 valence electrons. The van der Waals surface area contributed by atoms with Gasteiger partial charge in [-0.1, -0.05) is 11.6 Å². The molecule has 1 aromatic rings. The summed E-state index contributed by atoms with van der Waals surface area (Å²) in [5.41, 5.74) is 5.80. The minimum absolute atomic E-state index is 0.00143. The van der Waals surface area contributed by atoms with E-state index in [-0.39, 0.29) is 27.4 Å². The van der Waals surface area contributed by atoms with Gasteiger partial charge in [0.15, 0.2) is 9.84 Å². The van der Waals surface area contributed by atoms with Crippen LogP contribution < -0.4 is 5.73 Å². The number of hydrogen-bond acceptors (Lipinski definition) is 5. The molecule has 9 heteroatoms. The van der Waals surface area contributed by atoms with Crippen LogP contribution in [0.1, 0.15) is 12.8 Å². The van der Waals surface area contributed by atoms with Crippen LogP contribution in [0.4, 0.5) is 0 Å². The SMILES string of the molecule is CS(=O)(=O)c1ccc(Cl)c(S(=O)(=O)N2CCC[C@@H](N)C2)c1. The van der Waals surface area contributed by atoms with E-state index in [9.17, 15) is 16.8 Å². The van der Waals surface area contributed by atoms with E-state index in [0.29, 0.717) is 13.0 Å². The predicted molar refractivity (Wildman–Crippen MR) is 80.5 cm³/mol. The first kappa shape index (κ1) is 16.7. The Balaban J connectivity index is 2.49. The number of sulfonamides is 1. The molecule has 0 aromatic heterocycles. The molecule has 2 N–H and O–H groups in total. The van der Waals surface area contributed by atoms with Crippen LogP contribution in [-0.2, 0) is 19.9 Å². The van der Waals surface area contributed by atoms with Gasteiger partial charge in [0.1, 0.15) is 4.90 Å². The molecule has 0 bridgehead atoms. The van der Waals surface area contributed by atoms with Gasteiger partial charge < -0.3 is 5.73 Å². The molecule has 2 rings (SSSR count). The second-order valence-corrected chi connectivity index (χ2v) is 9.46. The molecule has 0 aliphatic carbocycles. The topological polar surface area (TPSA) is 97.5 Å². The smallest absolute Gasteiger partial charge is 0.244 e. The molecule has 0 saturated carbocycles. The van der Waals surface area contributed by atoms with Gasteiger partial charge >= 0.3 is 0 Å². The molecule has 1 aromatic carbocycles. The second-order valence-electron chi connectivity index (χ2n) is 5.13. The van der Waals surface area contributed by atoms with Gasteiger partial charge in [-0.3, -0.25) is 0 Å². The number of nitrogens with zero attached hydrogens (tertiary/aromatic N) is 1. The van der Waals surface area contributed by atoms with Crippen LogP contribution in [-0.4, -0.2) is 46.5 Å². The van der Waals surface area contributed by atoms with Crippen LogP contribution in [0.25, 0.3) is 0 Å². The van der Waals surface area contributed by atoms with Gasteiger partial charge in [-0.15, -0.1) is 0 Å². The quantitative estimate of drug-likeness (QED) is 0.869. The Morgan fingerprint density at radius 1 is 1.29 bits per heavy atom. The van der Waals surface area contributed by atoms with E-state index in [1.807, 2.05) is 0 Å². The summed E-state index contributed by atoms with van der Waals surface area (Å²) in [6.45, 7) is 0.567. The van der Waals surface area contributed by atoms with Crippen LogP contribution in [0, 0.1) is 0 Å². The summed E-state index contributed by atoms with van der Waals surface area (Å²) in [6.07, 6.45) is 2.45. The summed E-state index contributed by atoms with van der Waals surface area (Å²) in [7, 11) is -7.36. The highest BCUT2D eigenvalue weighted by Crippen LogP contribution is 2.29. The summed E-state index contributed by atoms with van der Waals surface area (Å²) in [5, 5.41) is 0.00143. The van der Waals surface area contributed by atoms with Crippen molar-refractivity contribution in [2.45, 2.75) is 28.7 Å². The maximum Gasteiger partial charge on any atom is 0.244 e. The molecule has 0 unspecified atom stereocenters. The molecule has 1 aliphatic rings. The first-order chi connectivity index (χ1) is 9.62. The van der Waals surface area contributed by atoms with Gasteiger partial charge in [0.2, 0.25) is 10.0 Å². The van der Waals surface area contributed by atoms with E-state index in [1.54, 1.807) is 0 Å². The van der Waals surface area contributed by atoms with Gasteiger partial charge in [-0.05, 0) is 31.0 Å². The first-order valence-corrected chi connectivity index (χ1v) is 10.1. The van der Waals surface area contributed by atoms with Crippen molar-refractivity contribution in [3.63, 3.8) is 0 Å². The van der Waals surface area contributed by atoms with Crippen molar-refractivity contribution in [1.29, 1.82) is 0 Å². The second kappa shape index (κ2) is 5.85. The fraction of sp³-hybridized carbons (Fsp3) is 0.500. The van der Waals surface area contributed by atoms with E-state index in [0.717, 1.165) is 18.7 Å². The van der Waals surface area contributed by atoms with Gasteiger partial charge in [-0.25, -0.2) is 16.8 Å². The lowest BCUT2D eigenvalue weighted by atomic mass is 10.1. The molecule has 1 aliphatic heterocycles. The number of nitrogens with two attached hydrogens (primary N) is 1. The van der Waals surface area contributed by atoms with Crippen molar-refractivity contribution in [2.24, 2.45) is 5.73 Å². The van der Waals surface area contributed by atoms with Gasteiger partial charge in [0.05, 0.1) is 9.92 Å². The highest BCUT2D eigenvalue weighted by atomic mass is 35.5. The predicted octanol–water partition coefficient (Wildman–Crippen LogP) is 0.855. The van der Waals surface area contributed by atoms with E-state index in [4.69, 9.17) is 17.3 Å². The maximum absolute atomic E-state index is 12.6. The maximum atomic E-state index is 12.6. The molecular formula is C12H17ClN2O4S2. The molecule has 1 fully saturated rings. The van der Waals surface area contributed by atoms with E-state index in [1.165, 1.54) is 16.4 Å². The molecule has 0 amide bonds. The molecular weight excluding hydrogens is 336 g/mol. The molecule has 0 radical (unpaired) electrons. The molecule has 6 nitrogen and oxygen atoms in total. The molecule has 21 heavy (non-hydrogen) atoms. The summed E-state index contributed by atoms with van der Waals surface area (Å²) >= 11 is 5.95. The Morgan fingerprint density at radius 2 is 1.95 bits per heavy atom. The van der Waals surface area contributed by atoms with Crippen molar-refractivity contribution in [2.75, 3.05) is 19.3 Å². The number of sulfone groups is 1. The number of hydrogen-bond donors (Lipinski definition) is 1. The fourth-order valence-corrected chi connectivity index (χ4v) is 5.00. The monoisotopic (exact) mass is 352 g/mol. The third-order valence-electron chi connectivity index (χ3n) is 3.37. The van der Waals surface area contributed by atoms with E-state index in [2.05, 4.69) is 0 Å². The lowest BCUT2D eigenvalue weighted by Gasteiger charge is -2.30. The van der Waals surface area contributed by atoms with E-state index < -0.39 is 19.9 Å². The highest BCUT2D eigenvalue weighted by Gasteiger charge is 2.31. The van der Waals surface area contributed by atoms with Crippen LogP contribution in [0.15, 0.2) is 28.0 Å². The highest BCUT2D eigenvalue weighted by molar-refractivity contribution is 7.91. The first-order valence-electron chi connectivity index (χ1n) is 6.38. The van der Waals surface area contributed by atoms with Crippen molar-refractivity contribution in [1.82, 2.24) is 4.31 Å². The Kier molecular flexibility index (Phi) is 4.65. The van der Waals surface area contributed by atoms with Crippen LogP contribution >= 0.6 is 11.6 Å². The Bertz CT molecular complexity index is 747. The largest absolute Gasteiger partial charge is 0.327 e. The summed E-state index contributed by atoms with van der Waals surface area (Å²) in [6, 6.07) is 3.46. The van der Waals surface area contributed by atoms with Crippen molar-refractivity contribution < 1.29 is 16.8 Å². The lowest BCUT2D eigenvalue weighted by molar-refractivity contribution is 0.316. The minimum Gasteiger partial charge on any atom is -0.327 e.